The molecule has 0 saturated carbocycles. The number of nitrogens with two attached hydrogens (primary N) is 1. The molecule has 2 amide bonds. The van der Waals surface area contributed by atoms with Crippen LogP contribution in [0.3, 0.4) is 0 Å². The molecular formula is C20H21N3O2S. The van der Waals surface area contributed by atoms with Crippen LogP contribution in [0.2, 0.25) is 0 Å². The van der Waals surface area contributed by atoms with E-state index in [0.717, 1.165) is 22.0 Å². The number of hydrogen-bond acceptors (Lipinski definition) is 3. The number of para-hydroxylation sites is 1. The monoisotopic (exact) mass is 367 g/mol. The molecule has 134 valence electrons. The van der Waals surface area contributed by atoms with E-state index in [2.05, 4.69) is 10.3 Å². The predicted octanol–water partition coefficient (Wildman–Crippen LogP) is 3.13. The third-order valence-corrected chi connectivity index (χ3v) is 5.55. The summed E-state index contributed by atoms with van der Waals surface area (Å²) in [4.78, 5) is 27.0. The Bertz CT molecular complexity index is 908. The lowest BCUT2D eigenvalue weighted by molar-refractivity contribution is -0.126. The average Bonchev–Trinajstić information content (AvgIpc) is 3.05. The second-order valence-electron chi connectivity index (χ2n) is 6.09. The third kappa shape index (κ3) is 4.08. The van der Waals surface area contributed by atoms with Crippen molar-refractivity contribution in [2.75, 3.05) is 0 Å². The molecule has 5 nitrogen and oxygen atoms in total. The Kier molecular flexibility index (Phi) is 5.63. The van der Waals surface area contributed by atoms with E-state index in [1.54, 1.807) is 11.8 Å². The quantitative estimate of drug-likeness (QED) is 0.599. The van der Waals surface area contributed by atoms with Crippen molar-refractivity contribution in [2.45, 2.75) is 24.0 Å². The van der Waals surface area contributed by atoms with Crippen LogP contribution in [0, 0.1) is 0 Å². The van der Waals surface area contributed by atoms with Crippen LogP contribution in [-0.4, -0.2) is 22.8 Å². The fraction of sp³-hybridized carbons (Fsp3) is 0.200. The first-order valence-corrected chi connectivity index (χ1v) is 9.39. The maximum Gasteiger partial charge on any atom is 0.241 e. The zero-order chi connectivity index (χ0) is 18.5. The van der Waals surface area contributed by atoms with Crippen LogP contribution in [-0.2, 0) is 15.3 Å². The largest absolute Gasteiger partial charge is 0.368 e. The number of thioether (sulfide) groups is 1. The number of fused-ring (bicyclic) bond motifs is 1. The van der Waals surface area contributed by atoms with Gasteiger partial charge in [0.15, 0.2) is 0 Å². The molecule has 0 fully saturated rings. The van der Waals surface area contributed by atoms with Gasteiger partial charge in [0.1, 0.15) is 6.04 Å². The molecule has 0 aliphatic rings. The first-order valence-electron chi connectivity index (χ1n) is 8.34. The lowest BCUT2D eigenvalue weighted by atomic mass is 10.0. The molecule has 4 N–H and O–H groups in total. The molecule has 0 unspecified atom stereocenters. The molecule has 26 heavy (non-hydrogen) atoms. The zero-order valence-electron chi connectivity index (χ0n) is 14.4. The van der Waals surface area contributed by atoms with Gasteiger partial charge in [-0.05, 0) is 17.2 Å². The van der Waals surface area contributed by atoms with Crippen LogP contribution in [0.4, 0.5) is 0 Å². The van der Waals surface area contributed by atoms with E-state index >= 15 is 0 Å². The van der Waals surface area contributed by atoms with Gasteiger partial charge in [-0.15, -0.1) is 11.8 Å². The number of carbonyl (C=O) groups is 2. The highest BCUT2D eigenvalue weighted by molar-refractivity contribution is 7.98. The molecule has 6 heteroatoms. The lowest BCUT2D eigenvalue weighted by Crippen LogP contribution is -2.46. The summed E-state index contributed by atoms with van der Waals surface area (Å²) in [6, 6.07) is 17.1. The summed E-state index contributed by atoms with van der Waals surface area (Å²) in [7, 11) is 0. The minimum atomic E-state index is -0.791. The molecule has 3 aromatic rings. The highest BCUT2D eigenvalue weighted by atomic mass is 32.2. The van der Waals surface area contributed by atoms with Crippen molar-refractivity contribution in [1.29, 1.82) is 0 Å². The first-order chi connectivity index (χ1) is 12.6. The maximum absolute atomic E-state index is 12.1. The van der Waals surface area contributed by atoms with Crippen LogP contribution in [0.5, 0.6) is 0 Å². The molecule has 0 aliphatic heterocycles. The van der Waals surface area contributed by atoms with E-state index in [0.29, 0.717) is 5.75 Å². The van der Waals surface area contributed by atoms with Crippen LogP contribution in [0.25, 0.3) is 10.9 Å². The van der Waals surface area contributed by atoms with Gasteiger partial charge in [-0.3, -0.25) is 9.59 Å². The van der Waals surface area contributed by atoms with Crippen molar-refractivity contribution in [3.63, 3.8) is 0 Å². The minimum absolute atomic E-state index is 0.279. The second kappa shape index (κ2) is 8.10. The van der Waals surface area contributed by atoms with Gasteiger partial charge >= 0.3 is 0 Å². The van der Waals surface area contributed by atoms with Crippen molar-refractivity contribution in [3.8, 4) is 0 Å². The summed E-state index contributed by atoms with van der Waals surface area (Å²) < 4.78 is 0. The molecule has 2 atom stereocenters. The predicted molar refractivity (Wildman–Crippen MR) is 106 cm³/mol. The van der Waals surface area contributed by atoms with Gasteiger partial charge in [-0.25, -0.2) is 0 Å². The van der Waals surface area contributed by atoms with Crippen molar-refractivity contribution in [3.05, 3.63) is 71.9 Å². The molecule has 0 aliphatic carbocycles. The highest BCUT2D eigenvalue weighted by Gasteiger charge is 2.31. The average molecular weight is 367 g/mol. The summed E-state index contributed by atoms with van der Waals surface area (Å²) in [6.07, 6.45) is 1.89. The van der Waals surface area contributed by atoms with Crippen molar-refractivity contribution in [2.24, 2.45) is 5.73 Å². The van der Waals surface area contributed by atoms with Crippen LogP contribution in [0.15, 0.2) is 60.8 Å². The zero-order valence-corrected chi connectivity index (χ0v) is 15.3. The first kappa shape index (κ1) is 18.1. The molecule has 1 aromatic heterocycles. The van der Waals surface area contributed by atoms with Gasteiger partial charge in [0.25, 0.3) is 0 Å². The molecule has 2 aromatic carbocycles. The van der Waals surface area contributed by atoms with Gasteiger partial charge in [0.2, 0.25) is 11.8 Å². The number of rotatable bonds is 7. The number of nitrogens with one attached hydrogen (secondary N) is 2. The van der Waals surface area contributed by atoms with Crippen LogP contribution in [0.1, 0.15) is 23.3 Å². The Morgan fingerprint density at radius 1 is 1.12 bits per heavy atom. The Morgan fingerprint density at radius 2 is 1.81 bits per heavy atom. The highest BCUT2D eigenvalue weighted by Crippen LogP contribution is 2.38. The minimum Gasteiger partial charge on any atom is -0.368 e. The Hall–Kier alpha value is -2.73. The van der Waals surface area contributed by atoms with E-state index in [-0.39, 0.29) is 11.2 Å². The number of aromatic amines is 1. The van der Waals surface area contributed by atoms with Gasteiger partial charge in [-0.1, -0.05) is 48.5 Å². The third-order valence-electron chi connectivity index (χ3n) is 4.17. The number of primary amides is 1. The Labute approximate surface area is 156 Å². The standard InChI is InChI=1S/C20H21N3O2S/c1-13(24)23-18(20(21)25)19(26-12-14-7-3-2-4-8-14)16-11-22-17-10-6-5-9-15(16)17/h2-11,18-19,22H,12H2,1H3,(H2,21,25)(H,23,24)/t18-,19-/m0/s1. The van der Waals surface area contributed by atoms with E-state index in [4.69, 9.17) is 5.73 Å². The molecule has 0 radical (unpaired) electrons. The van der Waals surface area contributed by atoms with E-state index in [1.165, 1.54) is 6.92 Å². The Morgan fingerprint density at radius 3 is 2.50 bits per heavy atom. The van der Waals surface area contributed by atoms with Crippen molar-refractivity contribution < 1.29 is 9.59 Å². The summed E-state index contributed by atoms with van der Waals surface area (Å²) >= 11 is 1.59. The fourth-order valence-electron chi connectivity index (χ4n) is 2.97. The van der Waals surface area contributed by atoms with E-state index in [9.17, 15) is 9.59 Å². The van der Waals surface area contributed by atoms with E-state index in [1.807, 2.05) is 60.8 Å². The second-order valence-corrected chi connectivity index (χ2v) is 7.22. The number of aromatic nitrogens is 1. The summed E-state index contributed by atoms with van der Waals surface area (Å²) in [5.74, 6) is -0.121. The van der Waals surface area contributed by atoms with E-state index < -0.39 is 11.9 Å². The normalized spacial score (nSPS) is 13.3. The number of hydrogen-bond donors (Lipinski definition) is 3. The molecule has 3 rings (SSSR count). The number of carbonyl (C=O) groups excluding carboxylic acids is 2. The van der Waals surface area contributed by atoms with Crippen molar-refractivity contribution in [1.82, 2.24) is 10.3 Å². The molecule has 0 bridgehead atoms. The summed E-state index contributed by atoms with van der Waals surface area (Å²) in [5.41, 5.74) is 8.72. The number of amides is 2. The smallest absolute Gasteiger partial charge is 0.241 e. The van der Waals surface area contributed by atoms with Gasteiger partial charge < -0.3 is 16.0 Å². The molecule has 1 heterocycles. The fourth-order valence-corrected chi connectivity index (χ4v) is 4.30. The molecule has 0 saturated heterocycles. The maximum atomic E-state index is 12.1. The topological polar surface area (TPSA) is 88.0 Å². The van der Waals surface area contributed by atoms with Gasteiger partial charge in [-0.2, -0.15) is 0 Å². The SMILES string of the molecule is CC(=O)N[C@H](C(N)=O)[C@@H](SCc1ccccc1)c1c[nH]c2ccccc12. The number of benzene rings is 2. The number of H-pyrrole nitrogens is 1. The summed E-state index contributed by atoms with van der Waals surface area (Å²) in [5, 5.41) is 3.44. The van der Waals surface area contributed by atoms with Crippen LogP contribution >= 0.6 is 11.8 Å². The Balaban J connectivity index is 1.97. The van der Waals surface area contributed by atoms with Gasteiger partial charge in [0, 0.05) is 29.8 Å². The van der Waals surface area contributed by atoms with Crippen molar-refractivity contribution >= 4 is 34.5 Å². The molecule has 0 spiro atoms. The van der Waals surface area contributed by atoms with Gasteiger partial charge in [0.05, 0.1) is 5.25 Å². The molecular weight excluding hydrogens is 346 g/mol. The van der Waals surface area contributed by atoms with Crippen LogP contribution < -0.4 is 11.1 Å². The summed E-state index contributed by atoms with van der Waals surface area (Å²) in [6.45, 7) is 1.39. The lowest BCUT2D eigenvalue weighted by Gasteiger charge is -2.25.